The van der Waals surface area contributed by atoms with Gasteiger partial charge in [0, 0.05) is 30.4 Å². The summed E-state index contributed by atoms with van der Waals surface area (Å²) in [6.45, 7) is 2.81. The number of hydrogen-bond acceptors (Lipinski definition) is 6. The molecule has 1 fully saturated rings. The maximum Gasteiger partial charge on any atom is 0.311 e. The van der Waals surface area contributed by atoms with Gasteiger partial charge in [-0.25, -0.2) is 0 Å². The average Bonchev–Trinajstić information content (AvgIpc) is 3.19. The van der Waals surface area contributed by atoms with Crippen LogP contribution in [0.2, 0.25) is 0 Å². The second-order valence-electron chi connectivity index (χ2n) is 7.44. The Hall–Kier alpha value is -3.55. The van der Waals surface area contributed by atoms with Crippen LogP contribution in [0.1, 0.15) is 18.9 Å². The minimum Gasteiger partial charge on any atom is -0.486 e. The lowest BCUT2D eigenvalue weighted by atomic mass is 10.1. The molecule has 4 rings (SSSR count). The van der Waals surface area contributed by atoms with Gasteiger partial charge in [0.1, 0.15) is 13.2 Å². The molecule has 0 bridgehead atoms. The molecule has 1 N–H and O–H groups in total. The van der Waals surface area contributed by atoms with E-state index in [0.717, 1.165) is 12.1 Å². The van der Waals surface area contributed by atoms with E-state index >= 15 is 0 Å². The highest BCUT2D eigenvalue weighted by atomic mass is 16.6. The number of fused-ring (bicyclic) bond motifs is 1. The van der Waals surface area contributed by atoms with Crippen molar-refractivity contribution in [1.82, 2.24) is 0 Å². The highest BCUT2D eigenvalue weighted by Crippen LogP contribution is 2.32. The number of nitrogens with zero attached hydrogens (tertiary/aromatic N) is 1. The molecule has 162 valence electrons. The summed E-state index contributed by atoms with van der Waals surface area (Å²) in [7, 11) is 0. The molecule has 8 heteroatoms. The van der Waals surface area contributed by atoms with Gasteiger partial charge in [0.05, 0.1) is 5.92 Å². The lowest BCUT2D eigenvalue weighted by molar-refractivity contribution is -0.151. The summed E-state index contributed by atoms with van der Waals surface area (Å²) in [5.41, 5.74) is 2.45. The lowest BCUT2D eigenvalue weighted by Gasteiger charge is -2.19. The van der Waals surface area contributed by atoms with Crippen molar-refractivity contribution in [2.45, 2.75) is 19.8 Å². The number of aryl methyl sites for hydroxylation is 1. The molecular weight excluding hydrogens is 400 g/mol. The molecule has 2 aliphatic heterocycles. The van der Waals surface area contributed by atoms with E-state index in [1.807, 2.05) is 24.3 Å². The molecule has 0 aliphatic carbocycles. The molecule has 31 heavy (non-hydrogen) atoms. The molecular formula is C23H24N2O6. The Kier molecular flexibility index (Phi) is 6.06. The van der Waals surface area contributed by atoms with Crippen LogP contribution >= 0.6 is 0 Å². The van der Waals surface area contributed by atoms with Gasteiger partial charge in [-0.05, 0) is 36.2 Å². The fourth-order valence-electron chi connectivity index (χ4n) is 3.60. The van der Waals surface area contributed by atoms with Gasteiger partial charge in [0.15, 0.2) is 18.1 Å². The zero-order valence-electron chi connectivity index (χ0n) is 17.3. The molecule has 2 aliphatic rings. The molecule has 2 heterocycles. The number of anilines is 2. The number of ether oxygens (including phenoxy) is 3. The Labute approximate surface area is 180 Å². The van der Waals surface area contributed by atoms with E-state index in [4.69, 9.17) is 14.2 Å². The molecule has 0 unspecified atom stereocenters. The van der Waals surface area contributed by atoms with Crippen molar-refractivity contribution in [3.8, 4) is 11.5 Å². The molecule has 1 atom stereocenters. The Morgan fingerprint density at radius 1 is 1.10 bits per heavy atom. The van der Waals surface area contributed by atoms with Gasteiger partial charge < -0.3 is 24.4 Å². The molecule has 1 saturated heterocycles. The Bertz CT molecular complexity index is 988. The molecule has 8 nitrogen and oxygen atoms in total. The first-order valence-electron chi connectivity index (χ1n) is 10.3. The van der Waals surface area contributed by atoms with E-state index in [-0.39, 0.29) is 18.9 Å². The van der Waals surface area contributed by atoms with E-state index < -0.39 is 24.4 Å². The van der Waals surface area contributed by atoms with E-state index in [2.05, 4.69) is 12.2 Å². The number of nitrogens with one attached hydrogen (secondary N) is 1. The summed E-state index contributed by atoms with van der Waals surface area (Å²) in [5, 5.41) is 2.66. The van der Waals surface area contributed by atoms with Crippen LogP contribution in [0.4, 0.5) is 11.4 Å². The third kappa shape index (κ3) is 4.79. The van der Waals surface area contributed by atoms with Gasteiger partial charge in [-0.15, -0.1) is 0 Å². The molecule has 2 aromatic rings. The average molecular weight is 424 g/mol. The quantitative estimate of drug-likeness (QED) is 0.717. The summed E-state index contributed by atoms with van der Waals surface area (Å²) in [5.74, 6) is -0.583. The van der Waals surface area contributed by atoms with E-state index in [0.29, 0.717) is 30.4 Å². The Morgan fingerprint density at radius 2 is 1.84 bits per heavy atom. The second-order valence-corrected chi connectivity index (χ2v) is 7.44. The molecule has 0 aromatic heterocycles. The van der Waals surface area contributed by atoms with Crippen LogP contribution in [-0.2, 0) is 25.5 Å². The topological polar surface area (TPSA) is 94.2 Å². The van der Waals surface area contributed by atoms with Crippen LogP contribution in [0.25, 0.3) is 0 Å². The zero-order chi connectivity index (χ0) is 21.8. The van der Waals surface area contributed by atoms with Gasteiger partial charge in [-0.2, -0.15) is 0 Å². The first kappa shape index (κ1) is 20.7. The predicted octanol–water partition coefficient (Wildman–Crippen LogP) is 2.56. The van der Waals surface area contributed by atoms with E-state index in [9.17, 15) is 14.4 Å². The van der Waals surface area contributed by atoms with Gasteiger partial charge >= 0.3 is 5.97 Å². The first-order valence-corrected chi connectivity index (χ1v) is 10.3. The number of carbonyl (C=O) groups is 3. The first-order chi connectivity index (χ1) is 15.0. The van der Waals surface area contributed by atoms with Crippen molar-refractivity contribution in [3.63, 3.8) is 0 Å². The summed E-state index contributed by atoms with van der Waals surface area (Å²) in [6, 6.07) is 12.8. The van der Waals surface area contributed by atoms with Crippen LogP contribution in [0.3, 0.4) is 0 Å². The summed E-state index contributed by atoms with van der Waals surface area (Å²) in [4.78, 5) is 38.5. The SMILES string of the molecule is CCc1ccc(N2C[C@@H](C(=O)OCC(=O)Nc3ccc4c(c3)OCCO4)CC2=O)cc1. The molecule has 0 radical (unpaired) electrons. The van der Waals surface area contributed by atoms with Crippen molar-refractivity contribution in [2.75, 3.05) is 36.6 Å². The van der Waals surface area contributed by atoms with Crippen molar-refractivity contribution in [1.29, 1.82) is 0 Å². The third-order valence-corrected chi connectivity index (χ3v) is 5.29. The van der Waals surface area contributed by atoms with Gasteiger partial charge in [0.2, 0.25) is 5.91 Å². The third-order valence-electron chi connectivity index (χ3n) is 5.29. The van der Waals surface area contributed by atoms with Crippen molar-refractivity contribution < 1.29 is 28.6 Å². The van der Waals surface area contributed by atoms with Gasteiger partial charge in [0.25, 0.3) is 5.91 Å². The van der Waals surface area contributed by atoms with Crippen LogP contribution in [0.15, 0.2) is 42.5 Å². The van der Waals surface area contributed by atoms with Crippen molar-refractivity contribution in [3.05, 3.63) is 48.0 Å². The number of esters is 1. The molecule has 2 amide bonds. The number of rotatable bonds is 6. The fourth-order valence-corrected chi connectivity index (χ4v) is 3.60. The van der Waals surface area contributed by atoms with Gasteiger partial charge in [-0.3, -0.25) is 14.4 Å². The van der Waals surface area contributed by atoms with Crippen LogP contribution in [0, 0.1) is 5.92 Å². The minimum atomic E-state index is -0.597. The second kappa shape index (κ2) is 9.07. The maximum atomic E-state index is 12.4. The standard InChI is InChI=1S/C23H24N2O6/c1-2-15-3-6-18(7-4-15)25-13-16(11-22(25)27)23(28)31-14-21(26)24-17-5-8-19-20(12-17)30-10-9-29-19/h3-8,12,16H,2,9-11,13-14H2,1H3,(H,24,26)/t16-/m0/s1. The van der Waals surface area contributed by atoms with Crippen LogP contribution in [-0.4, -0.2) is 44.1 Å². The van der Waals surface area contributed by atoms with Crippen LogP contribution in [0.5, 0.6) is 11.5 Å². The normalized spacial score (nSPS) is 17.4. The molecule has 0 spiro atoms. The summed E-state index contributed by atoms with van der Waals surface area (Å²) < 4.78 is 16.1. The Balaban J connectivity index is 1.28. The van der Waals surface area contributed by atoms with Crippen molar-refractivity contribution in [2.24, 2.45) is 5.92 Å². The monoisotopic (exact) mass is 424 g/mol. The maximum absolute atomic E-state index is 12.4. The van der Waals surface area contributed by atoms with Crippen LogP contribution < -0.4 is 19.7 Å². The summed E-state index contributed by atoms with van der Waals surface area (Å²) >= 11 is 0. The van der Waals surface area contributed by atoms with Crippen molar-refractivity contribution >= 4 is 29.2 Å². The molecule has 0 saturated carbocycles. The fraction of sp³-hybridized carbons (Fsp3) is 0.348. The van der Waals surface area contributed by atoms with Gasteiger partial charge in [-0.1, -0.05) is 19.1 Å². The number of carbonyl (C=O) groups excluding carboxylic acids is 3. The van der Waals surface area contributed by atoms with E-state index in [1.54, 1.807) is 23.1 Å². The highest BCUT2D eigenvalue weighted by Gasteiger charge is 2.36. The minimum absolute atomic E-state index is 0.0676. The lowest BCUT2D eigenvalue weighted by Crippen LogP contribution is -2.28. The smallest absolute Gasteiger partial charge is 0.311 e. The number of benzene rings is 2. The van der Waals surface area contributed by atoms with E-state index in [1.165, 1.54) is 5.56 Å². The largest absolute Gasteiger partial charge is 0.486 e. The highest BCUT2D eigenvalue weighted by molar-refractivity contribution is 6.00. The Morgan fingerprint density at radius 3 is 2.58 bits per heavy atom. The molecule has 2 aromatic carbocycles. The number of hydrogen-bond donors (Lipinski definition) is 1. The number of amides is 2. The zero-order valence-corrected chi connectivity index (χ0v) is 17.3. The predicted molar refractivity (Wildman–Crippen MR) is 113 cm³/mol. The summed E-state index contributed by atoms with van der Waals surface area (Å²) in [6.07, 6.45) is 0.982.